The van der Waals surface area contributed by atoms with Gasteiger partial charge < -0.3 is 4.74 Å². The molecule has 0 saturated carbocycles. The van der Waals surface area contributed by atoms with E-state index in [2.05, 4.69) is 20.9 Å². The maximum atomic E-state index is 12.9. The predicted molar refractivity (Wildman–Crippen MR) is 83.0 cm³/mol. The monoisotopic (exact) mass is 366 g/mol. The maximum absolute atomic E-state index is 12.9. The first-order valence-electron chi connectivity index (χ1n) is 6.05. The van der Waals surface area contributed by atoms with Crippen LogP contribution < -0.4 is 4.74 Å². The van der Waals surface area contributed by atoms with Crippen LogP contribution in [0.4, 0.5) is 0 Å². The van der Waals surface area contributed by atoms with Crippen molar-refractivity contribution in [2.24, 2.45) is 0 Å². The van der Waals surface area contributed by atoms with Gasteiger partial charge in [-0.05, 0) is 30.3 Å². The highest BCUT2D eigenvalue weighted by Gasteiger charge is 2.23. The van der Waals surface area contributed by atoms with Gasteiger partial charge in [-0.15, -0.1) is 0 Å². The number of ether oxygens (including phenoxy) is 1. The van der Waals surface area contributed by atoms with Crippen molar-refractivity contribution < 1.29 is 13.2 Å². The summed E-state index contributed by atoms with van der Waals surface area (Å²) in [4.78, 5) is 4.21. The molecule has 0 aliphatic rings. The fraction of sp³-hybridized carbons (Fsp3) is 0.0714. The van der Waals surface area contributed by atoms with Crippen LogP contribution in [0.3, 0.4) is 0 Å². The predicted octanol–water partition coefficient (Wildman–Crippen LogP) is 3.04. The second kappa shape index (κ2) is 5.16. The Morgan fingerprint density at radius 3 is 2.71 bits per heavy atom. The second-order valence-electron chi connectivity index (χ2n) is 4.33. The summed E-state index contributed by atoms with van der Waals surface area (Å²) in [5, 5.41) is 0. The van der Waals surface area contributed by atoms with E-state index in [-0.39, 0.29) is 10.6 Å². The van der Waals surface area contributed by atoms with Crippen LogP contribution in [0.25, 0.3) is 11.0 Å². The Morgan fingerprint density at radius 1 is 1.19 bits per heavy atom. The molecule has 0 radical (unpaired) electrons. The number of aromatic nitrogens is 2. The number of fused-ring (bicyclic) bond motifs is 1. The Labute approximate surface area is 130 Å². The number of hydrogen-bond acceptors (Lipinski definition) is 4. The van der Waals surface area contributed by atoms with E-state index in [0.29, 0.717) is 15.5 Å². The third-order valence-electron chi connectivity index (χ3n) is 3.08. The molecule has 0 N–H and O–H groups in total. The van der Waals surface area contributed by atoms with Crippen molar-refractivity contribution in [3.63, 3.8) is 0 Å². The number of halogens is 1. The first-order chi connectivity index (χ1) is 10.0. The molecule has 5 nitrogen and oxygen atoms in total. The lowest BCUT2D eigenvalue weighted by atomic mass is 10.3. The van der Waals surface area contributed by atoms with E-state index in [1.54, 1.807) is 30.3 Å². The van der Waals surface area contributed by atoms with E-state index in [9.17, 15) is 8.42 Å². The number of hydrogen-bond donors (Lipinski definition) is 0. The van der Waals surface area contributed by atoms with Crippen molar-refractivity contribution in [3.8, 4) is 5.75 Å². The van der Waals surface area contributed by atoms with Crippen LogP contribution in [0.5, 0.6) is 5.75 Å². The molecule has 2 aromatic carbocycles. The second-order valence-corrected chi connectivity index (χ2v) is 7.03. The summed E-state index contributed by atoms with van der Waals surface area (Å²) in [7, 11) is -2.35. The Bertz CT molecular complexity index is 919. The summed E-state index contributed by atoms with van der Waals surface area (Å²) in [5.74, 6) is 0.288. The Balaban J connectivity index is 2.28. The molecular formula is C14H11BrN2O3S. The van der Waals surface area contributed by atoms with Gasteiger partial charge in [-0.1, -0.05) is 28.1 Å². The molecule has 0 aliphatic heterocycles. The van der Waals surface area contributed by atoms with Gasteiger partial charge in [0.05, 0.1) is 18.1 Å². The molecule has 3 rings (SSSR count). The molecule has 0 bridgehead atoms. The molecule has 7 heteroatoms. The molecule has 1 heterocycles. The molecule has 0 spiro atoms. The highest BCUT2D eigenvalue weighted by molar-refractivity contribution is 9.10. The topological polar surface area (TPSA) is 61.2 Å². The van der Waals surface area contributed by atoms with Gasteiger partial charge >= 0.3 is 0 Å². The lowest BCUT2D eigenvalue weighted by molar-refractivity contribution is 0.402. The lowest BCUT2D eigenvalue weighted by Gasteiger charge is -2.11. The van der Waals surface area contributed by atoms with Gasteiger partial charge in [-0.25, -0.2) is 17.4 Å². The van der Waals surface area contributed by atoms with Crippen molar-refractivity contribution in [1.82, 2.24) is 8.96 Å². The summed E-state index contributed by atoms with van der Waals surface area (Å²) >= 11 is 3.29. The van der Waals surface area contributed by atoms with Crippen molar-refractivity contribution in [2.75, 3.05) is 7.11 Å². The highest BCUT2D eigenvalue weighted by atomic mass is 79.9. The number of benzene rings is 2. The normalized spacial score (nSPS) is 11.7. The van der Waals surface area contributed by atoms with Crippen molar-refractivity contribution in [3.05, 3.63) is 53.3 Å². The maximum Gasteiger partial charge on any atom is 0.273 e. The molecule has 108 valence electrons. The van der Waals surface area contributed by atoms with Gasteiger partial charge in [-0.3, -0.25) is 0 Å². The van der Waals surface area contributed by atoms with E-state index >= 15 is 0 Å². The summed E-state index contributed by atoms with van der Waals surface area (Å²) in [6, 6.07) is 11.9. The van der Waals surface area contributed by atoms with Crippen molar-refractivity contribution in [1.29, 1.82) is 0 Å². The van der Waals surface area contributed by atoms with E-state index in [4.69, 9.17) is 4.74 Å². The van der Waals surface area contributed by atoms with Gasteiger partial charge in [0.25, 0.3) is 10.0 Å². The van der Waals surface area contributed by atoms with E-state index < -0.39 is 10.0 Å². The van der Waals surface area contributed by atoms with Crippen molar-refractivity contribution in [2.45, 2.75) is 4.90 Å². The van der Waals surface area contributed by atoms with Crippen LogP contribution >= 0.6 is 15.9 Å². The third-order valence-corrected chi connectivity index (χ3v) is 5.26. The fourth-order valence-electron chi connectivity index (χ4n) is 2.09. The minimum absolute atomic E-state index is 0.0857. The molecule has 21 heavy (non-hydrogen) atoms. The number of para-hydroxylation sites is 2. The van der Waals surface area contributed by atoms with Crippen molar-refractivity contribution >= 4 is 37.0 Å². The Morgan fingerprint density at radius 2 is 1.95 bits per heavy atom. The third kappa shape index (κ3) is 2.32. The number of methoxy groups -OCH3 is 1. The van der Waals surface area contributed by atoms with Gasteiger partial charge in [0, 0.05) is 4.47 Å². The zero-order chi connectivity index (χ0) is 15.0. The molecular weight excluding hydrogens is 356 g/mol. The molecule has 1 aromatic heterocycles. The summed E-state index contributed by atoms with van der Waals surface area (Å²) in [6.07, 6.45) is 1.31. The molecule has 0 atom stereocenters. The molecule has 0 amide bonds. The molecule has 3 aromatic rings. The molecule has 0 fully saturated rings. The average Bonchev–Trinajstić information content (AvgIpc) is 2.92. The molecule has 0 saturated heterocycles. The smallest absolute Gasteiger partial charge is 0.273 e. The van der Waals surface area contributed by atoms with Crippen LogP contribution in [0.15, 0.2) is 58.2 Å². The van der Waals surface area contributed by atoms with Gasteiger partial charge in [0.2, 0.25) is 0 Å². The average molecular weight is 367 g/mol. The quantitative estimate of drug-likeness (QED) is 0.714. The standard InChI is InChI=1S/C14H11BrN2O3S/c1-20-13-7-6-10(15)8-14(13)21(18,19)17-9-16-11-4-2-3-5-12(11)17/h2-9H,1H3. The van der Waals surface area contributed by atoms with Crippen LogP contribution in [0.2, 0.25) is 0 Å². The van der Waals surface area contributed by atoms with Crippen LogP contribution in [0.1, 0.15) is 0 Å². The lowest BCUT2D eigenvalue weighted by Crippen LogP contribution is -2.13. The van der Waals surface area contributed by atoms with Gasteiger partial charge in [0.15, 0.2) is 0 Å². The number of nitrogens with zero attached hydrogens (tertiary/aromatic N) is 2. The number of imidazole rings is 1. The van der Waals surface area contributed by atoms with Gasteiger partial charge in [-0.2, -0.15) is 0 Å². The zero-order valence-corrected chi connectivity index (χ0v) is 13.4. The largest absolute Gasteiger partial charge is 0.495 e. The number of rotatable bonds is 3. The SMILES string of the molecule is COc1ccc(Br)cc1S(=O)(=O)n1cnc2ccccc21. The minimum Gasteiger partial charge on any atom is -0.495 e. The van der Waals surface area contributed by atoms with Crippen LogP contribution in [0, 0.1) is 0 Å². The Kier molecular flexibility index (Phi) is 3.46. The first kappa shape index (κ1) is 14.1. The van der Waals surface area contributed by atoms with Crippen LogP contribution in [-0.4, -0.2) is 24.5 Å². The highest BCUT2D eigenvalue weighted by Crippen LogP contribution is 2.30. The molecule has 0 unspecified atom stereocenters. The minimum atomic E-state index is -3.79. The summed E-state index contributed by atoms with van der Waals surface area (Å²) < 4.78 is 32.7. The fourth-order valence-corrected chi connectivity index (χ4v) is 4.08. The van der Waals surface area contributed by atoms with E-state index in [0.717, 1.165) is 3.97 Å². The molecule has 0 aliphatic carbocycles. The van der Waals surface area contributed by atoms with Gasteiger partial charge in [0.1, 0.15) is 17.0 Å². The van der Waals surface area contributed by atoms with E-state index in [1.165, 1.54) is 19.5 Å². The Hall–Kier alpha value is -1.86. The van der Waals surface area contributed by atoms with Crippen LogP contribution in [-0.2, 0) is 10.0 Å². The first-order valence-corrected chi connectivity index (χ1v) is 8.28. The summed E-state index contributed by atoms with van der Waals surface area (Å²) in [5.41, 5.74) is 1.15. The summed E-state index contributed by atoms with van der Waals surface area (Å²) in [6.45, 7) is 0. The van der Waals surface area contributed by atoms with E-state index in [1.807, 2.05) is 6.07 Å². The zero-order valence-electron chi connectivity index (χ0n) is 11.0.